The van der Waals surface area contributed by atoms with Crippen LogP contribution in [0.1, 0.15) is 28.5 Å². The van der Waals surface area contributed by atoms with Gasteiger partial charge in [-0.15, -0.1) is 0 Å². The first-order valence-electron chi connectivity index (χ1n) is 11.9. The zero-order valence-corrected chi connectivity index (χ0v) is 19.7. The summed E-state index contributed by atoms with van der Waals surface area (Å²) in [5.74, 6) is -0.321. The molecule has 178 valence electrons. The summed E-state index contributed by atoms with van der Waals surface area (Å²) < 4.78 is 6.93. The van der Waals surface area contributed by atoms with E-state index in [1.54, 1.807) is 30.3 Å². The van der Waals surface area contributed by atoms with Crippen molar-refractivity contribution in [2.45, 2.75) is 26.1 Å². The zero-order chi connectivity index (χ0) is 24.2. The molecule has 7 heteroatoms. The molecule has 1 N–H and O–H groups in total. The summed E-state index contributed by atoms with van der Waals surface area (Å²) in [6.07, 6.45) is 0.243. The van der Waals surface area contributed by atoms with Gasteiger partial charge < -0.3 is 10.1 Å². The first-order chi connectivity index (χ1) is 17.1. The van der Waals surface area contributed by atoms with Crippen molar-refractivity contribution in [2.75, 3.05) is 19.7 Å². The van der Waals surface area contributed by atoms with E-state index in [2.05, 4.69) is 34.4 Å². The number of fused-ring (bicyclic) bond motifs is 1. The van der Waals surface area contributed by atoms with E-state index in [1.807, 2.05) is 36.4 Å². The van der Waals surface area contributed by atoms with Crippen molar-refractivity contribution >= 4 is 16.7 Å². The van der Waals surface area contributed by atoms with E-state index in [-0.39, 0.29) is 23.3 Å². The molecule has 0 spiro atoms. The molecule has 2 heterocycles. The molecule has 1 unspecified atom stereocenters. The third kappa shape index (κ3) is 5.16. The van der Waals surface area contributed by atoms with E-state index < -0.39 is 0 Å². The average Bonchev–Trinajstić information content (AvgIpc) is 2.88. The van der Waals surface area contributed by atoms with Gasteiger partial charge >= 0.3 is 0 Å². The number of nitrogens with zero attached hydrogens (tertiary/aromatic N) is 3. The van der Waals surface area contributed by atoms with Gasteiger partial charge in [-0.25, -0.2) is 0 Å². The van der Waals surface area contributed by atoms with Gasteiger partial charge in [0.2, 0.25) is 0 Å². The smallest absolute Gasteiger partial charge is 0.279 e. The number of hydrogen-bond donors (Lipinski definition) is 1. The van der Waals surface area contributed by atoms with Crippen LogP contribution in [0, 0.1) is 0 Å². The fraction of sp³-hybridized carbons (Fsp3) is 0.250. The highest BCUT2D eigenvalue weighted by Crippen LogP contribution is 2.16. The molecule has 1 saturated heterocycles. The Bertz CT molecular complexity index is 1400. The van der Waals surface area contributed by atoms with Gasteiger partial charge in [0.25, 0.3) is 11.5 Å². The van der Waals surface area contributed by atoms with Crippen LogP contribution in [-0.4, -0.2) is 46.4 Å². The number of benzene rings is 3. The largest absolute Gasteiger partial charge is 0.376 e. The van der Waals surface area contributed by atoms with Crippen LogP contribution in [0.3, 0.4) is 0 Å². The van der Waals surface area contributed by atoms with Gasteiger partial charge in [0.15, 0.2) is 5.69 Å². The molecule has 0 radical (unpaired) electrons. The lowest BCUT2D eigenvalue weighted by Crippen LogP contribution is -2.40. The van der Waals surface area contributed by atoms with E-state index >= 15 is 0 Å². The molecule has 0 aliphatic carbocycles. The van der Waals surface area contributed by atoms with Crippen molar-refractivity contribution in [3.05, 3.63) is 106 Å². The Balaban J connectivity index is 1.37. The number of ether oxygens (including phenoxy) is 1. The minimum absolute atomic E-state index is 0.225. The molecule has 0 saturated carbocycles. The van der Waals surface area contributed by atoms with Crippen LogP contribution in [0.2, 0.25) is 0 Å². The maximum absolute atomic E-state index is 13.3. The Kier molecular flexibility index (Phi) is 6.70. The molecule has 1 fully saturated rings. The van der Waals surface area contributed by atoms with Gasteiger partial charge in [0, 0.05) is 31.6 Å². The maximum Gasteiger partial charge on any atom is 0.279 e. The van der Waals surface area contributed by atoms with E-state index in [0.29, 0.717) is 23.0 Å². The van der Waals surface area contributed by atoms with Gasteiger partial charge in [0.1, 0.15) is 0 Å². The molecular formula is C28H28N4O3. The molecule has 1 aliphatic rings. The number of nitrogens with one attached hydrogen (secondary N) is 1. The van der Waals surface area contributed by atoms with Gasteiger partial charge in [-0.1, -0.05) is 60.7 Å². The van der Waals surface area contributed by atoms with Crippen LogP contribution in [0.25, 0.3) is 16.5 Å². The Hall–Kier alpha value is -3.81. The molecule has 35 heavy (non-hydrogen) atoms. The zero-order valence-electron chi connectivity index (χ0n) is 19.7. The van der Waals surface area contributed by atoms with Crippen molar-refractivity contribution in [1.82, 2.24) is 20.0 Å². The summed E-state index contributed by atoms with van der Waals surface area (Å²) in [5, 5.41) is 8.45. The summed E-state index contributed by atoms with van der Waals surface area (Å²) in [5.41, 5.74) is 2.79. The number of para-hydroxylation sites is 1. The third-order valence-corrected chi connectivity index (χ3v) is 6.20. The number of morpholine rings is 1. The Labute approximate surface area is 204 Å². The molecule has 1 amide bonds. The average molecular weight is 469 g/mol. The SMILES string of the molecule is CC1CN(Cc2cccc(CNC(=O)c3nn(-c4ccccc4)c(=O)c4ccccc34)c2)CCO1. The summed E-state index contributed by atoms with van der Waals surface area (Å²) in [4.78, 5) is 28.7. The lowest BCUT2D eigenvalue weighted by Gasteiger charge is -2.31. The van der Waals surface area contributed by atoms with Crippen LogP contribution in [0.15, 0.2) is 83.7 Å². The Morgan fingerprint density at radius 1 is 1.00 bits per heavy atom. The molecule has 0 bridgehead atoms. The summed E-state index contributed by atoms with van der Waals surface area (Å²) >= 11 is 0. The first kappa shape index (κ1) is 23.0. The van der Waals surface area contributed by atoms with Crippen molar-refractivity contribution in [3.8, 4) is 5.69 Å². The topological polar surface area (TPSA) is 76.5 Å². The number of carbonyl (C=O) groups is 1. The van der Waals surface area contributed by atoms with E-state index in [0.717, 1.165) is 31.8 Å². The molecule has 5 rings (SSSR count). The van der Waals surface area contributed by atoms with Crippen molar-refractivity contribution in [1.29, 1.82) is 0 Å². The lowest BCUT2D eigenvalue weighted by molar-refractivity contribution is -0.0212. The van der Waals surface area contributed by atoms with Gasteiger partial charge in [-0.2, -0.15) is 9.78 Å². The highest BCUT2D eigenvalue weighted by atomic mass is 16.5. The predicted octanol–water partition coefficient (Wildman–Crippen LogP) is 3.54. The second-order valence-electron chi connectivity index (χ2n) is 8.87. The van der Waals surface area contributed by atoms with Crippen LogP contribution >= 0.6 is 0 Å². The number of carbonyl (C=O) groups excluding carboxylic acids is 1. The molecule has 1 aliphatic heterocycles. The minimum atomic E-state index is -0.321. The molecular weight excluding hydrogens is 440 g/mol. The standard InChI is InChI=1S/C28H28N4O3/c1-20-18-31(14-15-35-20)19-22-9-7-8-21(16-22)17-29-27(33)26-24-12-5-6-13-25(24)28(34)32(30-26)23-10-3-2-4-11-23/h2-13,16,20H,14-15,17-19H2,1H3,(H,29,33). The highest BCUT2D eigenvalue weighted by Gasteiger charge is 2.18. The summed E-state index contributed by atoms with van der Waals surface area (Å²) in [6, 6.07) is 24.5. The normalized spacial score (nSPS) is 16.3. The Morgan fingerprint density at radius 2 is 1.74 bits per heavy atom. The van der Waals surface area contributed by atoms with Crippen molar-refractivity contribution < 1.29 is 9.53 Å². The van der Waals surface area contributed by atoms with E-state index in [9.17, 15) is 9.59 Å². The fourth-order valence-corrected chi connectivity index (χ4v) is 4.50. The highest BCUT2D eigenvalue weighted by molar-refractivity contribution is 6.04. The predicted molar refractivity (Wildman–Crippen MR) is 136 cm³/mol. The fourth-order valence-electron chi connectivity index (χ4n) is 4.50. The number of aromatic nitrogens is 2. The third-order valence-electron chi connectivity index (χ3n) is 6.20. The van der Waals surface area contributed by atoms with Gasteiger partial charge in [0.05, 0.1) is 23.8 Å². The second-order valence-corrected chi connectivity index (χ2v) is 8.87. The van der Waals surface area contributed by atoms with E-state index in [4.69, 9.17) is 4.74 Å². The molecule has 7 nitrogen and oxygen atoms in total. The van der Waals surface area contributed by atoms with Crippen molar-refractivity contribution in [3.63, 3.8) is 0 Å². The van der Waals surface area contributed by atoms with Crippen molar-refractivity contribution in [2.24, 2.45) is 0 Å². The first-order valence-corrected chi connectivity index (χ1v) is 11.9. The Morgan fingerprint density at radius 3 is 2.54 bits per heavy atom. The van der Waals surface area contributed by atoms with Crippen LogP contribution < -0.4 is 10.9 Å². The molecule has 1 aromatic heterocycles. The minimum Gasteiger partial charge on any atom is -0.376 e. The molecule has 3 aromatic carbocycles. The van der Waals surface area contributed by atoms with E-state index in [1.165, 1.54) is 10.2 Å². The summed E-state index contributed by atoms with van der Waals surface area (Å²) in [6.45, 7) is 5.90. The summed E-state index contributed by atoms with van der Waals surface area (Å²) in [7, 11) is 0. The lowest BCUT2D eigenvalue weighted by atomic mass is 10.1. The van der Waals surface area contributed by atoms with Crippen LogP contribution in [0.4, 0.5) is 0 Å². The molecule has 4 aromatic rings. The number of amides is 1. The van der Waals surface area contributed by atoms with Crippen LogP contribution in [-0.2, 0) is 17.8 Å². The van der Waals surface area contributed by atoms with Crippen LogP contribution in [0.5, 0.6) is 0 Å². The van der Waals surface area contributed by atoms with Gasteiger partial charge in [-0.05, 0) is 36.2 Å². The quantitative estimate of drug-likeness (QED) is 0.469. The number of hydrogen-bond acceptors (Lipinski definition) is 5. The van der Waals surface area contributed by atoms with Gasteiger partial charge in [-0.3, -0.25) is 14.5 Å². The monoisotopic (exact) mass is 468 g/mol. The number of rotatable bonds is 6. The second kappa shape index (κ2) is 10.2. The molecule has 1 atom stereocenters. The maximum atomic E-state index is 13.3.